The predicted molar refractivity (Wildman–Crippen MR) is 60.8 cm³/mol. The highest BCUT2D eigenvalue weighted by Gasteiger charge is 2.26. The lowest BCUT2D eigenvalue weighted by atomic mass is 10.2. The Kier molecular flexibility index (Phi) is 4.74. The van der Waals surface area contributed by atoms with E-state index in [0.717, 1.165) is 5.56 Å². The van der Waals surface area contributed by atoms with Gasteiger partial charge in [-0.15, -0.1) is 0 Å². The molecule has 17 heavy (non-hydrogen) atoms. The number of nitrogens with zero attached hydrogens (tertiary/aromatic N) is 2. The number of nitrogens with one attached hydrogen (secondary N) is 1. The van der Waals surface area contributed by atoms with Gasteiger partial charge in [0.25, 0.3) is 0 Å². The van der Waals surface area contributed by atoms with Gasteiger partial charge in [0, 0.05) is 26.3 Å². The summed E-state index contributed by atoms with van der Waals surface area (Å²) in [4.78, 5) is 5.68. The summed E-state index contributed by atoms with van der Waals surface area (Å²) in [6, 6.07) is 3.62. The molecule has 1 heterocycles. The van der Waals surface area contributed by atoms with Gasteiger partial charge in [-0.25, -0.2) is 4.98 Å². The summed E-state index contributed by atoms with van der Waals surface area (Å²) in [6.07, 6.45) is -3.24. The second kappa shape index (κ2) is 5.86. The fourth-order valence-corrected chi connectivity index (χ4v) is 1.42. The van der Waals surface area contributed by atoms with E-state index in [2.05, 4.69) is 10.3 Å². The van der Waals surface area contributed by atoms with Gasteiger partial charge >= 0.3 is 6.18 Å². The second-order valence-electron chi connectivity index (χ2n) is 3.90. The van der Waals surface area contributed by atoms with Crippen LogP contribution in [-0.4, -0.2) is 36.7 Å². The number of aromatic nitrogens is 1. The average molecular weight is 247 g/mol. The van der Waals surface area contributed by atoms with Crippen LogP contribution in [-0.2, 0) is 6.54 Å². The van der Waals surface area contributed by atoms with Crippen LogP contribution in [0.3, 0.4) is 0 Å². The fraction of sp³-hybridized carbons (Fsp3) is 0.545. The maximum Gasteiger partial charge on any atom is 0.390 e. The SMILES string of the molecule is CNc1cc(CN(C)CCC(F)(F)F)ccn1. The normalized spacial score (nSPS) is 11.9. The van der Waals surface area contributed by atoms with Gasteiger partial charge in [-0.3, -0.25) is 0 Å². The largest absolute Gasteiger partial charge is 0.390 e. The molecular weight excluding hydrogens is 231 g/mol. The Bertz CT molecular complexity index is 352. The molecule has 0 unspecified atom stereocenters. The van der Waals surface area contributed by atoms with Crippen LogP contribution in [0.15, 0.2) is 18.3 Å². The lowest BCUT2D eigenvalue weighted by molar-refractivity contribution is -0.137. The van der Waals surface area contributed by atoms with E-state index in [1.165, 1.54) is 0 Å². The van der Waals surface area contributed by atoms with Crippen molar-refractivity contribution in [1.82, 2.24) is 9.88 Å². The maximum absolute atomic E-state index is 12.0. The van der Waals surface area contributed by atoms with Gasteiger partial charge < -0.3 is 10.2 Å². The lowest BCUT2D eigenvalue weighted by Crippen LogP contribution is -2.24. The van der Waals surface area contributed by atoms with Crippen molar-refractivity contribution in [1.29, 1.82) is 0 Å². The molecule has 0 aromatic carbocycles. The Morgan fingerprint density at radius 3 is 2.71 bits per heavy atom. The molecule has 0 radical (unpaired) electrons. The van der Waals surface area contributed by atoms with Gasteiger partial charge in [0.15, 0.2) is 0 Å². The van der Waals surface area contributed by atoms with Crippen LogP contribution in [0.25, 0.3) is 0 Å². The molecule has 0 aliphatic carbocycles. The first-order valence-corrected chi connectivity index (χ1v) is 5.28. The summed E-state index contributed by atoms with van der Waals surface area (Å²) in [5.74, 6) is 0.715. The molecule has 3 nitrogen and oxygen atoms in total. The molecule has 1 aromatic heterocycles. The highest BCUT2D eigenvalue weighted by molar-refractivity contribution is 5.36. The minimum Gasteiger partial charge on any atom is -0.373 e. The quantitative estimate of drug-likeness (QED) is 0.866. The van der Waals surface area contributed by atoms with E-state index in [9.17, 15) is 13.2 Å². The van der Waals surface area contributed by atoms with Crippen LogP contribution in [0.2, 0.25) is 0 Å². The highest BCUT2D eigenvalue weighted by Crippen LogP contribution is 2.20. The Morgan fingerprint density at radius 1 is 1.41 bits per heavy atom. The molecule has 0 aliphatic rings. The number of hydrogen-bond donors (Lipinski definition) is 1. The molecule has 1 N–H and O–H groups in total. The summed E-state index contributed by atoms with van der Waals surface area (Å²) in [5, 5.41) is 2.89. The summed E-state index contributed by atoms with van der Waals surface area (Å²) >= 11 is 0. The molecule has 0 saturated carbocycles. The molecule has 0 bridgehead atoms. The minimum absolute atomic E-state index is 0.000704. The van der Waals surface area contributed by atoms with E-state index < -0.39 is 12.6 Å². The van der Waals surface area contributed by atoms with E-state index in [1.54, 1.807) is 31.3 Å². The first kappa shape index (κ1) is 13.8. The molecule has 0 fully saturated rings. The molecule has 0 amide bonds. The van der Waals surface area contributed by atoms with Gasteiger partial charge in [0.2, 0.25) is 0 Å². The molecule has 1 rings (SSSR count). The monoisotopic (exact) mass is 247 g/mol. The standard InChI is InChI=1S/C11H16F3N3/c1-15-10-7-9(3-5-16-10)8-17(2)6-4-11(12,13)14/h3,5,7H,4,6,8H2,1-2H3,(H,15,16). The number of anilines is 1. The van der Waals surface area contributed by atoms with Crippen LogP contribution in [0, 0.1) is 0 Å². The first-order valence-electron chi connectivity index (χ1n) is 5.28. The van der Waals surface area contributed by atoms with Crippen molar-refractivity contribution < 1.29 is 13.2 Å². The van der Waals surface area contributed by atoms with E-state index in [-0.39, 0.29) is 6.54 Å². The Morgan fingerprint density at radius 2 is 2.12 bits per heavy atom. The highest BCUT2D eigenvalue weighted by atomic mass is 19.4. The van der Waals surface area contributed by atoms with E-state index >= 15 is 0 Å². The smallest absolute Gasteiger partial charge is 0.373 e. The number of alkyl halides is 3. The molecule has 0 aliphatic heterocycles. The van der Waals surface area contributed by atoms with Crippen molar-refractivity contribution in [3.05, 3.63) is 23.9 Å². The zero-order valence-electron chi connectivity index (χ0n) is 9.88. The molecular formula is C11H16F3N3. The summed E-state index contributed by atoms with van der Waals surface area (Å²) in [7, 11) is 3.42. The second-order valence-corrected chi connectivity index (χ2v) is 3.90. The molecule has 0 spiro atoms. The summed E-state index contributed by atoms with van der Waals surface area (Å²) in [6.45, 7) is 0.480. The summed E-state index contributed by atoms with van der Waals surface area (Å²) in [5.41, 5.74) is 0.939. The number of halogens is 3. The van der Waals surface area contributed by atoms with Crippen molar-refractivity contribution in [2.45, 2.75) is 19.1 Å². The van der Waals surface area contributed by atoms with Gasteiger partial charge in [0.1, 0.15) is 5.82 Å². The number of hydrogen-bond acceptors (Lipinski definition) is 3. The molecule has 0 atom stereocenters. The van der Waals surface area contributed by atoms with Crippen LogP contribution in [0.1, 0.15) is 12.0 Å². The van der Waals surface area contributed by atoms with E-state index in [1.807, 2.05) is 6.07 Å². The topological polar surface area (TPSA) is 28.2 Å². The van der Waals surface area contributed by atoms with E-state index in [0.29, 0.717) is 12.4 Å². The minimum atomic E-state index is -4.09. The third-order valence-corrected chi connectivity index (χ3v) is 2.31. The van der Waals surface area contributed by atoms with Gasteiger partial charge in [0.05, 0.1) is 6.42 Å². The van der Waals surface area contributed by atoms with Crippen molar-refractivity contribution >= 4 is 5.82 Å². The lowest BCUT2D eigenvalue weighted by Gasteiger charge is -2.17. The molecule has 1 aromatic rings. The Balaban J connectivity index is 2.47. The molecule has 96 valence electrons. The zero-order valence-corrected chi connectivity index (χ0v) is 9.88. The Labute approximate surface area is 98.6 Å². The van der Waals surface area contributed by atoms with Crippen molar-refractivity contribution in [2.75, 3.05) is 26.0 Å². The van der Waals surface area contributed by atoms with Crippen LogP contribution >= 0.6 is 0 Å². The molecule has 6 heteroatoms. The summed E-state index contributed by atoms with van der Waals surface area (Å²) < 4.78 is 36.1. The number of rotatable bonds is 5. The predicted octanol–water partition coefficient (Wildman–Crippen LogP) is 2.51. The van der Waals surface area contributed by atoms with Crippen molar-refractivity contribution in [3.8, 4) is 0 Å². The third-order valence-electron chi connectivity index (χ3n) is 2.31. The maximum atomic E-state index is 12.0. The van der Waals surface area contributed by atoms with Crippen LogP contribution in [0.5, 0.6) is 0 Å². The Hall–Kier alpha value is -1.30. The van der Waals surface area contributed by atoms with Gasteiger partial charge in [-0.1, -0.05) is 0 Å². The zero-order chi connectivity index (χ0) is 12.9. The van der Waals surface area contributed by atoms with Gasteiger partial charge in [-0.05, 0) is 24.7 Å². The third kappa shape index (κ3) is 5.53. The van der Waals surface area contributed by atoms with Crippen LogP contribution in [0.4, 0.5) is 19.0 Å². The average Bonchev–Trinajstić information content (AvgIpc) is 2.26. The van der Waals surface area contributed by atoms with Crippen molar-refractivity contribution in [2.24, 2.45) is 0 Å². The first-order chi connectivity index (χ1) is 7.90. The number of pyridine rings is 1. The van der Waals surface area contributed by atoms with Crippen molar-refractivity contribution in [3.63, 3.8) is 0 Å². The van der Waals surface area contributed by atoms with Crippen LogP contribution < -0.4 is 5.32 Å². The van der Waals surface area contributed by atoms with Gasteiger partial charge in [-0.2, -0.15) is 13.2 Å². The van der Waals surface area contributed by atoms with E-state index in [4.69, 9.17) is 0 Å². The molecule has 0 saturated heterocycles. The fourth-order valence-electron chi connectivity index (χ4n) is 1.42.